The Hall–Kier alpha value is -2.17. The standard InChI is InChI=1S/C19H24O5/c1-11(2)18(21)23-16-9-14(10-20)7-5-6-12(3)8-15-17(16)13(4)19(22)24-15/h7-8,10-11,15-17H,4-6,9H2,1-3H3/b12-8+,14-7?. The molecule has 0 aromatic rings. The molecule has 24 heavy (non-hydrogen) atoms. The van der Waals surface area contributed by atoms with Gasteiger partial charge in [-0.2, -0.15) is 0 Å². The molecule has 1 fully saturated rings. The van der Waals surface area contributed by atoms with E-state index >= 15 is 0 Å². The van der Waals surface area contributed by atoms with Gasteiger partial charge in [-0.15, -0.1) is 0 Å². The number of fused-ring (bicyclic) bond motifs is 1. The molecule has 2 aliphatic rings. The Balaban J connectivity index is 2.41. The summed E-state index contributed by atoms with van der Waals surface area (Å²) >= 11 is 0. The molecule has 1 saturated heterocycles. The second kappa shape index (κ2) is 7.60. The second-order valence-corrected chi connectivity index (χ2v) is 6.70. The largest absolute Gasteiger partial charge is 0.461 e. The van der Waals surface area contributed by atoms with E-state index in [4.69, 9.17) is 9.47 Å². The highest BCUT2D eigenvalue weighted by atomic mass is 16.6. The molecule has 0 N–H and O–H groups in total. The maximum Gasteiger partial charge on any atom is 0.334 e. The molecule has 0 bridgehead atoms. The molecular formula is C19H24O5. The van der Waals surface area contributed by atoms with Gasteiger partial charge in [0.15, 0.2) is 0 Å². The first-order chi connectivity index (χ1) is 11.3. The van der Waals surface area contributed by atoms with Gasteiger partial charge in [-0.25, -0.2) is 4.79 Å². The predicted molar refractivity (Wildman–Crippen MR) is 89.0 cm³/mol. The zero-order valence-electron chi connectivity index (χ0n) is 14.4. The summed E-state index contributed by atoms with van der Waals surface area (Å²) in [6.45, 7) is 9.26. The molecule has 0 aromatic carbocycles. The highest BCUT2D eigenvalue weighted by Crippen LogP contribution is 2.36. The predicted octanol–water partition coefficient (Wildman–Crippen LogP) is 2.91. The van der Waals surface area contributed by atoms with Crippen LogP contribution in [-0.4, -0.2) is 30.4 Å². The van der Waals surface area contributed by atoms with E-state index in [9.17, 15) is 14.4 Å². The van der Waals surface area contributed by atoms with E-state index in [0.717, 1.165) is 18.3 Å². The lowest BCUT2D eigenvalue weighted by Gasteiger charge is -2.27. The first-order valence-corrected chi connectivity index (χ1v) is 8.25. The number of carbonyl (C=O) groups is 3. The summed E-state index contributed by atoms with van der Waals surface area (Å²) in [4.78, 5) is 35.4. The molecule has 0 aromatic heterocycles. The molecule has 130 valence electrons. The van der Waals surface area contributed by atoms with Crippen molar-refractivity contribution >= 4 is 18.2 Å². The Morgan fingerprint density at radius 1 is 1.46 bits per heavy atom. The molecule has 2 rings (SSSR count). The number of aldehydes is 1. The molecule has 1 aliphatic heterocycles. The maximum atomic E-state index is 12.1. The van der Waals surface area contributed by atoms with Gasteiger partial charge < -0.3 is 9.47 Å². The molecule has 1 heterocycles. The van der Waals surface area contributed by atoms with Crippen LogP contribution in [0.15, 0.2) is 35.5 Å². The van der Waals surface area contributed by atoms with Crippen molar-refractivity contribution in [1.82, 2.24) is 0 Å². The van der Waals surface area contributed by atoms with Gasteiger partial charge in [0, 0.05) is 12.0 Å². The van der Waals surface area contributed by atoms with E-state index in [0.29, 0.717) is 12.0 Å². The molecule has 0 spiro atoms. The minimum absolute atomic E-state index is 0.256. The van der Waals surface area contributed by atoms with Crippen molar-refractivity contribution in [3.63, 3.8) is 0 Å². The van der Waals surface area contributed by atoms with Gasteiger partial charge in [-0.05, 0) is 31.4 Å². The molecule has 0 radical (unpaired) electrons. The summed E-state index contributed by atoms with van der Waals surface area (Å²) in [5.74, 6) is -1.62. The van der Waals surface area contributed by atoms with Gasteiger partial charge in [-0.3, -0.25) is 9.59 Å². The van der Waals surface area contributed by atoms with Crippen molar-refractivity contribution in [2.24, 2.45) is 11.8 Å². The third-order valence-electron chi connectivity index (χ3n) is 4.38. The van der Waals surface area contributed by atoms with Crippen LogP contribution in [0.5, 0.6) is 0 Å². The molecule has 1 aliphatic carbocycles. The van der Waals surface area contributed by atoms with E-state index < -0.39 is 24.1 Å². The fraction of sp³-hybridized carbons (Fsp3) is 0.526. The summed E-state index contributed by atoms with van der Waals surface area (Å²) in [6, 6.07) is 0. The quantitative estimate of drug-likeness (QED) is 0.344. The summed E-state index contributed by atoms with van der Waals surface area (Å²) in [7, 11) is 0. The van der Waals surface area contributed by atoms with E-state index in [-0.39, 0.29) is 23.9 Å². The highest BCUT2D eigenvalue weighted by Gasteiger charge is 2.44. The lowest BCUT2D eigenvalue weighted by atomic mass is 9.85. The Kier molecular flexibility index (Phi) is 5.75. The van der Waals surface area contributed by atoms with Crippen molar-refractivity contribution in [1.29, 1.82) is 0 Å². The van der Waals surface area contributed by atoms with Crippen LogP contribution in [0, 0.1) is 11.8 Å². The molecule has 3 atom stereocenters. The Labute approximate surface area is 142 Å². The molecule has 3 unspecified atom stereocenters. The number of hydrogen-bond donors (Lipinski definition) is 0. The second-order valence-electron chi connectivity index (χ2n) is 6.70. The van der Waals surface area contributed by atoms with Gasteiger partial charge in [0.2, 0.25) is 0 Å². The van der Waals surface area contributed by atoms with Crippen LogP contribution in [0.25, 0.3) is 0 Å². The lowest BCUT2D eigenvalue weighted by Crippen LogP contribution is -2.34. The van der Waals surface area contributed by atoms with Crippen LogP contribution in [0.3, 0.4) is 0 Å². The molecule has 5 nitrogen and oxygen atoms in total. The summed E-state index contributed by atoms with van der Waals surface area (Å²) in [6.07, 6.45) is 5.13. The van der Waals surface area contributed by atoms with Crippen molar-refractivity contribution in [2.75, 3.05) is 0 Å². The molecule has 0 saturated carbocycles. The summed E-state index contributed by atoms with van der Waals surface area (Å²) in [5.41, 5.74) is 1.92. The first kappa shape index (κ1) is 18.2. The minimum atomic E-state index is -0.651. The van der Waals surface area contributed by atoms with Crippen LogP contribution in [0.2, 0.25) is 0 Å². The average molecular weight is 332 g/mol. The normalized spacial score (nSPS) is 29.9. The summed E-state index contributed by atoms with van der Waals surface area (Å²) in [5, 5.41) is 0. The number of allylic oxidation sites excluding steroid dienone is 2. The zero-order chi connectivity index (χ0) is 17.9. The highest BCUT2D eigenvalue weighted by molar-refractivity contribution is 5.91. The number of esters is 2. The third-order valence-corrected chi connectivity index (χ3v) is 4.38. The van der Waals surface area contributed by atoms with E-state index in [2.05, 4.69) is 6.58 Å². The van der Waals surface area contributed by atoms with E-state index in [1.54, 1.807) is 13.8 Å². The van der Waals surface area contributed by atoms with Crippen molar-refractivity contribution < 1.29 is 23.9 Å². The van der Waals surface area contributed by atoms with Gasteiger partial charge in [0.05, 0.1) is 11.8 Å². The molecule has 5 heteroatoms. The van der Waals surface area contributed by atoms with Crippen LogP contribution >= 0.6 is 0 Å². The fourth-order valence-corrected chi connectivity index (χ4v) is 2.97. The van der Waals surface area contributed by atoms with Crippen LogP contribution in [0.4, 0.5) is 0 Å². The first-order valence-electron chi connectivity index (χ1n) is 8.25. The average Bonchev–Trinajstić information content (AvgIpc) is 2.79. The molecule has 0 amide bonds. The zero-order valence-corrected chi connectivity index (χ0v) is 14.4. The van der Waals surface area contributed by atoms with Crippen LogP contribution < -0.4 is 0 Å². The van der Waals surface area contributed by atoms with Crippen LogP contribution in [-0.2, 0) is 23.9 Å². The third kappa shape index (κ3) is 4.02. The molecular weight excluding hydrogens is 308 g/mol. The number of hydrogen-bond acceptors (Lipinski definition) is 5. The topological polar surface area (TPSA) is 69.7 Å². The Morgan fingerprint density at radius 2 is 2.17 bits per heavy atom. The van der Waals surface area contributed by atoms with Gasteiger partial charge in [0.25, 0.3) is 0 Å². The Bertz CT molecular complexity index is 611. The van der Waals surface area contributed by atoms with Gasteiger partial charge in [-0.1, -0.05) is 32.1 Å². The van der Waals surface area contributed by atoms with Crippen LogP contribution in [0.1, 0.15) is 40.0 Å². The minimum Gasteiger partial charge on any atom is -0.461 e. The van der Waals surface area contributed by atoms with E-state index in [1.807, 2.05) is 19.1 Å². The Morgan fingerprint density at radius 3 is 2.79 bits per heavy atom. The maximum absolute atomic E-state index is 12.1. The number of rotatable bonds is 3. The van der Waals surface area contributed by atoms with Crippen molar-refractivity contribution in [3.8, 4) is 0 Å². The number of carbonyl (C=O) groups excluding carboxylic acids is 3. The van der Waals surface area contributed by atoms with E-state index in [1.165, 1.54) is 0 Å². The lowest BCUT2D eigenvalue weighted by molar-refractivity contribution is -0.155. The monoisotopic (exact) mass is 332 g/mol. The summed E-state index contributed by atoms with van der Waals surface area (Å²) < 4.78 is 11.0. The SMILES string of the molecule is C=C1C(=O)OC2/C=C(\C)CCC=C(C=O)CC(OC(=O)C(C)C)C12. The number of ether oxygens (including phenoxy) is 2. The van der Waals surface area contributed by atoms with Gasteiger partial charge >= 0.3 is 11.9 Å². The van der Waals surface area contributed by atoms with Crippen molar-refractivity contribution in [2.45, 2.75) is 52.2 Å². The fourth-order valence-electron chi connectivity index (χ4n) is 2.97. The van der Waals surface area contributed by atoms with Crippen molar-refractivity contribution in [3.05, 3.63) is 35.5 Å². The smallest absolute Gasteiger partial charge is 0.334 e. The van der Waals surface area contributed by atoms with Gasteiger partial charge in [0.1, 0.15) is 18.5 Å².